The Morgan fingerprint density at radius 3 is 2.38 bits per heavy atom. The van der Waals surface area contributed by atoms with Crippen LogP contribution in [0.25, 0.3) is 12.2 Å². The number of rotatable bonds is 5. The number of carbonyl (C=O) groups is 1. The summed E-state index contributed by atoms with van der Waals surface area (Å²) in [6.45, 7) is 0. The number of alkyl halides is 3. The fourth-order valence-corrected chi connectivity index (χ4v) is 3.28. The number of thiophene rings is 1. The van der Waals surface area contributed by atoms with Crippen LogP contribution in [0.3, 0.4) is 0 Å². The number of hydrogen-bond donors (Lipinski definition) is 3. The van der Waals surface area contributed by atoms with Crippen molar-refractivity contribution in [2.45, 2.75) is 24.9 Å². The fourth-order valence-electron chi connectivity index (χ4n) is 2.50. The average Bonchev–Trinajstić information content (AvgIpc) is 3.35. The van der Waals surface area contributed by atoms with E-state index in [2.05, 4.69) is 17.2 Å². The van der Waals surface area contributed by atoms with E-state index in [1.165, 1.54) is 24.5 Å². The maximum absolute atomic E-state index is 12.6. The van der Waals surface area contributed by atoms with Crippen LogP contribution in [0.1, 0.15) is 39.6 Å². The van der Waals surface area contributed by atoms with Gasteiger partial charge in [0.1, 0.15) is 4.88 Å². The number of amides is 1. The second-order valence-corrected chi connectivity index (χ2v) is 6.77. The lowest BCUT2D eigenvalue weighted by atomic mass is 10.0. The van der Waals surface area contributed by atoms with E-state index >= 15 is 0 Å². The molecule has 4 nitrogen and oxygen atoms in total. The van der Waals surface area contributed by atoms with Crippen LogP contribution >= 0.6 is 11.3 Å². The van der Waals surface area contributed by atoms with Crippen molar-refractivity contribution >= 4 is 35.6 Å². The van der Waals surface area contributed by atoms with E-state index in [0.29, 0.717) is 17.2 Å². The summed E-state index contributed by atoms with van der Waals surface area (Å²) in [4.78, 5) is 8.99. The van der Waals surface area contributed by atoms with Crippen LogP contribution in [0, 0.1) is 0 Å². The smallest absolute Gasteiger partial charge is 0.388 e. The van der Waals surface area contributed by atoms with Crippen molar-refractivity contribution in [1.82, 2.24) is 5.43 Å². The molecule has 1 saturated carbocycles. The molecule has 0 aliphatic heterocycles. The van der Waals surface area contributed by atoms with Crippen molar-refractivity contribution in [2.24, 2.45) is 5.84 Å². The van der Waals surface area contributed by atoms with E-state index < -0.39 is 11.1 Å². The second kappa shape index (κ2) is 8.86. The highest BCUT2D eigenvalue weighted by Crippen LogP contribution is 2.44. The molecule has 4 N–H and O–H groups in total. The standard InChI is InChI=1S/C17H16F3NS.CH4N2O/c1-21-15-4-2-3-13(11-5-6-11)14(15)9-7-12-8-10-16(22-12)17(18,19)20;2-3-1-4/h2-4,7-11,21H,5-6H2,1H3;1H,2H2,(H,3,4)/b9-7+;. The minimum atomic E-state index is -4.27. The number of benzene rings is 1. The third-order valence-corrected chi connectivity index (χ3v) is 4.91. The van der Waals surface area contributed by atoms with Gasteiger partial charge in [-0.05, 0) is 48.6 Å². The van der Waals surface area contributed by atoms with E-state index in [1.54, 1.807) is 11.5 Å². The minimum Gasteiger partial charge on any atom is -0.388 e. The monoisotopic (exact) mass is 383 g/mol. The zero-order valence-corrected chi connectivity index (χ0v) is 15.0. The molecule has 3 rings (SSSR count). The average molecular weight is 383 g/mol. The molecule has 0 bridgehead atoms. The molecule has 0 radical (unpaired) electrons. The van der Waals surface area contributed by atoms with Gasteiger partial charge < -0.3 is 5.32 Å². The fraction of sp³-hybridized carbons (Fsp3) is 0.278. The van der Waals surface area contributed by atoms with Gasteiger partial charge in [-0.2, -0.15) is 13.2 Å². The van der Waals surface area contributed by atoms with Crippen molar-refractivity contribution in [2.75, 3.05) is 12.4 Å². The first-order valence-corrected chi connectivity index (χ1v) is 8.78. The third kappa shape index (κ3) is 5.34. The molecule has 1 aliphatic rings. The number of anilines is 1. The van der Waals surface area contributed by atoms with Gasteiger partial charge in [-0.3, -0.25) is 10.2 Å². The van der Waals surface area contributed by atoms with Gasteiger partial charge in [0, 0.05) is 23.2 Å². The lowest BCUT2D eigenvalue weighted by Crippen LogP contribution is -2.18. The van der Waals surface area contributed by atoms with Crippen LogP contribution < -0.4 is 16.6 Å². The third-order valence-electron chi connectivity index (χ3n) is 3.81. The van der Waals surface area contributed by atoms with Crippen LogP contribution in [0.4, 0.5) is 18.9 Å². The highest BCUT2D eigenvalue weighted by atomic mass is 32.1. The zero-order chi connectivity index (χ0) is 19.2. The molecule has 0 spiro atoms. The summed E-state index contributed by atoms with van der Waals surface area (Å²) in [6, 6.07) is 8.76. The molecule has 1 amide bonds. The van der Waals surface area contributed by atoms with Crippen molar-refractivity contribution in [3.63, 3.8) is 0 Å². The van der Waals surface area contributed by atoms with E-state index in [0.717, 1.165) is 28.7 Å². The molecule has 26 heavy (non-hydrogen) atoms. The molecule has 140 valence electrons. The summed E-state index contributed by atoms with van der Waals surface area (Å²) in [5, 5.41) is 3.16. The quantitative estimate of drug-likeness (QED) is 0.309. The molecular formula is C18H20F3N3OS. The van der Waals surface area contributed by atoms with Crippen molar-refractivity contribution in [3.05, 3.63) is 51.2 Å². The van der Waals surface area contributed by atoms with Gasteiger partial charge in [-0.25, -0.2) is 5.84 Å². The number of nitrogens with two attached hydrogens (primary N) is 1. The van der Waals surface area contributed by atoms with E-state index in [4.69, 9.17) is 4.79 Å². The number of hydrazine groups is 1. The lowest BCUT2D eigenvalue weighted by molar-refractivity contribution is -0.134. The summed E-state index contributed by atoms with van der Waals surface area (Å²) in [7, 11) is 1.86. The largest absolute Gasteiger partial charge is 0.425 e. The first-order valence-electron chi connectivity index (χ1n) is 7.96. The summed E-state index contributed by atoms with van der Waals surface area (Å²) in [5.41, 5.74) is 5.11. The molecule has 8 heteroatoms. The van der Waals surface area contributed by atoms with E-state index in [-0.39, 0.29) is 0 Å². The maximum atomic E-state index is 12.6. The molecule has 1 aromatic heterocycles. The predicted molar refractivity (Wildman–Crippen MR) is 99.6 cm³/mol. The SMILES string of the molecule is CNc1cccc(C2CC2)c1/C=C/c1ccc(C(F)(F)F)s1.NNC=O. The molecule has 0 saturated heterocycles. The second-order valence-electron chi connectivity index (χ2n) is 5.65. The Balaban J connectivity index is 0.000000552. The molecule has 1 aromatic carbocycles. The Bertz CT molecular complexity index is 767. The first kappa shape index (κ1) is 20.0. The summed E-state index contributed by atoms with van der Waals surface area (Å²) >= 11 is 0.770. The zero-order valence-electron chi connectivity index (χ0n) is 14.1. The maximum Gasteiger partial charge on any atom is 0.425 e. The molecule has 0 atom stereocenters. The molecule has 1 fully saturated rings. The van der Waals surface area contributed by atoms with E-state index in [1.807, 2.05) is 25.3 Å². The lowest BCUT2D eigenvalue weighted by Gasteiger charge is -2.10. The van der Waals surface area contributed by atoms with Gasteiger partial charge in [0.15, 0.2) is 0 Å². The normalized spacial score (nSPS) is 13.9. The molecular weight excluding hydrogens is 363 g/mol. The Kier molecular flexibility index (Phi) is 6.82. The molecule has 1 heterocycles. The summed E-state index contributed by atoms with van der Waals surface area (Å²) in [6.07, 6.45) is 2.20. The summed E-state index contributed by atoms with van der Waals surface area (Å²) < 4.78 is 37.9. The van der Waals surface area contributed by atoms with Gasteiger partial charge >= 0.3 is 6.18 Å². The van der Waals surface area contributed by atoms with E-state index in [9.17, 15) is 13.2 Å². The number of hydrogen-bond acceptors (Lipinski definition) is 4. The molecule has 0 unspecified atom stereocenters. The van der Waals surface area contributed by atoms with Gasteiger partial charge in [-0.1, -0.05) is 18.2 Å². The predicted octanol–water partition coefficient (Wildman–Crippen LogP) is 4.46. The van der Waals surface area contributed by atoms with Gasteiger partial charge in [0.05, 0.1) is 0 Å². The Hall–Kier alpha value is -2.32. The molecule has 1 aliphatic carbocycles. The van der Waals surface area contributed by atoms with Gasteiger partial charge in [0.25, 0.3) is 0 Å². The van der Waals surface area contributed by atoms with Crippen LogP contribution in [-0.2, 0) is 11.0 Å². The van der Waals surface area contributed by atoms with Crippen molar-refractivity contribution < 1.29 is 18.0 Å². The Labute approximate surface area is 153 Å². The summed E-state index contributed by atoms with van der Waals surface area (Å²) in [5.74, 6) is 4.99. The highest BCUT2D eigenvalue weighted by Gasteiger charge is 2.32. The topological polar surface area (TPSA) is 67.2 Å². The van der Waals surface area contributed by atoms with Crippen molar-refractivity contribution in [1.29, 1.82) is 0 Å². The van der Waals surface area contributed by atoms with Crippen LogP contribution in [0.5, 0.6) is 0 Å². The van der Waals surface area contributed by atoms with Crippen LogP contribution in [-0.4, -0.2) is 13.5 Å². The number of nitrogens with one attached hydrogen (secondary N) is 2. The Morgan fingerprint density at radius 2 is 1.88 bits per heavy atom. The molecule has 2 aromatic rings. The van der Waals surface area contributed by atoms with Crippen LogP contribution in [0.2, 0.25) is 0 Å². The minimum absolute atomic E-state index is 0.403. The number of carbonyl (C=O) groups excluding carboxylic acids is 1. The number of halogens is 3. The Morgan fingerprint density at radius 1 is 1.19 bits per heavy atom. The van der Waals surface area contributed by atoms with Gasteiger partial charge in [-0.15, -0.1) is 11.3 Å². The van der Waals surface area contributed by atoms with Crippen molar-refractivity contribution in [3.8, 4) is 0 Å². The highest BCUT2D eigenvalue weighted by molar-refractivity contribution is 7.13. The van der Waals surface area contributed by atoms with Gasteiger partial charge in [0.2, 0.25) is 6.41 Å². The van der Waals surface area contributed by atoms with Crippen LogP contribution in [0.15, 0.2) is 30.3 Å². The first-order chi connectivity index (χ1) is 12.4.